The van der Waals surface area contributed by atoms with Crippen molar-refractivity contribution in [3.8, 4) is 5.75 Å². The van der Waals surface area contributed by atoms with E-state index in [0.717, 1.165) is 11.1 Å². The number of halogens is 1. The SMILES string of the molecule is CCCOc1cccc(/C(O)=C2\C(=O)C(=O)N(c3nc4ccc(Cl)cc4s3)C2c2ccccc2)c1. The summed E-state index contributed by atoms with van der Waals surface area (Å²) in [7, 11) is 0. The van der Waals surface area contributed by atoms with E-state index >= 15 is 0 Å². The molecule has 1 N–H and O–H groups in total. The molecule has 0 saturated carbocycles. The second-order valence-electron chi connectivity index (χ2n) is 8.06. The number of amides is 1. The Morgan fingerprint density at radius 3 is 2.66 bits per heavy atom. The number of benzene rings is 3. The van der Waals surface area contributed by atoms with Gasteiger partial charge in [0.2, 0.25) is 0 Å². The number of hydrogen-bond acceptors (Lipinski definition) is 6. The molecule has 0 aliphatic carbocycles. The second-order valence-corrected chi connectivity index (χ2v) is 9.51. The number of nitrogens with zero attached hydrogens (tertiary/aromatic N) is 2. The number of carbonyl (C=O) groups is 2. The number of aromatic nitrogens is 1. The highest BCUT2D eigenvalue weighted by Gasteiger charge is 2.48. The Labute approximate surface area is 211 Å². The van der Waals surface area contributed by atoms with Crippen molar-refractivity contribution in [2.75, 3.05) is 11.5 Å². The minimum absolute atomic E-state index is 0.00568. The third-order valence-electron chi connectivity index (χ3n) is 5.69. The lowest BCUT2D eigenvalue weighted by molar-refractivity contribution is -0.132. The molecule has 1 aliphatic heterocycles. The predicted octanol–water partition coefficient (Wildman–Crippen LogP) is 6.36. The number of fused-ring (bicyclic) bond motifs is 1. The van der Waals surface area contributed by atoms with Crippen LogP contribution in [0.3, 0.4) is 0 Å². The van der Waals surface area contributed by atoms with Gasteiger partial charge in [-0.05, 0) is 42.3 Å². The monoisotopic (exact) mass is 504 g/mol. The molecule has 3 aromatic carbocycles. The van der Waals surface area contributed by atoms with Crippen molar-refractivity contribution in [1.29, 1.82) is 0 Å². The van der Waals surface area contributed by atoms with Crippen LogP contribution in [0.25, 0.3) is 16.0 Å². The zero-order valence-electron chi connectivity index (χ0n) is 18.8. The number of ether oxygens (including phenoxy) is 1. The summed E-state index contributed by atoms with van der Waals surface area (Å²) < 4.78 is 6.48. The molecular weight excluding hydrogens is 484 g/mol. The van der Waals surface area contributed by atoms with Gasteiger partial charge in [-0.1, -0.05) is 72.3 Å². The lowest BCUT2D eigenvalue weighted by atomic mass is 9.95. The van der Waals surface area contributed by atoms with E-state index in [0.29, 0.717) is 39.2 Å². The van der Waals surface area contributed by atoms with Gasteiger partial charge < -0.3 is 9.84 Å². The fourth-order valence-corrected chi connectivity index (χ4v) is 5.35. The molecule has 2 heterocycles. The summed E-state index contributed by atoms with van der Waals surface area (Å²) in [6.07, 6.45) is 0.836. The molecule has 176 valence electrons. The zero-order valence-corrected chi connectivity index (χ0v) is 20.3. The van der Waals surface area contributed by atoms with Gasteiger partial charge in [0.25, 0.3) is 5.78 Å². The molecule has 1 fully saturated rings. The smallest absolute Gasteiger partial charge is 0.301 e. The lowest BCUT2D eigenvalue weighted by Gasteiger charge is -2.23. The van der Waals surface area contributed by atoms with E-state index < -0.39 is 17.7 Å². The molecule has 5 rings (SSSR count). The summed E-state index contributed by atoms with van der Waals surface area (Å²) in [6, 6.07) is 20.5. The normalized spacial score (nSPS) is 17.3. The fraction of sp³-hybridized carbons (Fsp3) is 0.148. The first kappa shape index (κ1) is 23.1. The Morgan fingerprint density at radius 1 is 1.09 bits per heavy atom. The van der Waals surface area contributed by atoms with Gasteiger partial charge >= 0.3 is 5.91 Å². The predicted molar refractivity (Wildman–Crippen MR) is 138 cm³/mol. The average Bonchev–Trinajstić information content (AvgIpc) is 3.40. The highest BCUT2D eigenvalue weighted by molar-refractivity contribution is 7.22. The fourth-order valence-electron chi connectivity index (χ4n) is 4.08. The van der Waals surface area contributed by atoms with Crippen molar-refractivity contribution < 1.29 is 19.4 Å². The van der Waals surface area contributed by atoms with Crippen LogP contribution >= 0.6 is 22.9 Å². The van der Waals surface area contributed by atoms with Crippen LogP contribution in [-0.2, 0) is 9.59 Å². The number of thiazole rings is 1. The van der Waals surface area contributed by atoms with Gasteiger partial charge in [0, 0.05) is 10.6 Å². The van der Waals surface area contributed by atoms with Crippen LogP contribution < -0.4 is 9.64 Å². The molecule has 1 aromatic heterocycles. The van der Waals surface area contributed by atoms with Crippen LogP contribution in [0.2, 0.25) is 5.02 Å². The summed E-state index contributed by atoms with van der Waals surface area (Å²) in [5.74, 6) is -1.20. The van der Waals surface area contributed by atoms with Gasteiger partial charge in [-0.25, -0.2) is 4.98 Å². The molecule has 0 spiro atoms. The van der Waals surface area contributed by atoms with E-state index in [1.165, 1.54) is 16.2 Å². The van der Waals surface area contributed by atoms with E-state index in [4.69, 9.17) is 16.3 Å². The molecule has 8 heteroatoms. The van der Waals surface area contributed by atoms with E-state index in [9.17, 15) is 14.7 Å². The topological polar surface area (TPSA) is 79.7 Å². The number of Topliss-reactive ketones (excluding diaryl/α,β-unsaturated/α-hetero) is 1. The maximum Gasteiger partial charge on any atom is 0.301 e. The van der Waals surface area contributed by atoms with Crippen molar-refractivity contribution in [2.24, 2.45) is 0 Å². The highest BCUT2D eigenvalue weighted by Crippen LogP contribution is 2.44. The molecule has 4 aromatic rings. The second kappa shape index (κ2) is 9.52. The van der Waals surface area contributed by atoms with Gasteiger partial charge in [-0.3, -0.25) is 14.5 Å². The van der Waals surface area contributed by atoms with Crippen LogP contribution in [0, 0.1) is 0 Å². The van der Waals surface area contributed by atoms with Gasteiger partial charge in [0.15, 0.2) is 5.13 Å². The van der Waals surface area contributed by atoms with Gasteiger partial charge in [-0.2, -0.15) is 0 Å². The van der Waals surface area contributed by atoms with Gasteiger partial charge in [-0.15, -0.1) is 0 Å². The van der Waals surface area contributed by atoms with Crippen LogP contribution in [0.4, 0.5) is 5.13 Å². The Bertz CT molecular complexity index is 1460. The molecule has 1 aliphatic rings. The van der Waals surface area contributed by atoms with Gasteiger partial charge in [0.05, 0.1) is 28.4 Å². The minimum Gasteiger partial charge on any atom is -0.507 e. The van der Waals surface area contributed by atoms with Crippen LogP contribution in [0.5, 0.6) is 5.75 Å². The number of anilines is 1. The summed E-state index contributed by atoms with van der Waals surface area (Å²) in [6.45, 7) is 2.53. The maximum atomic E-state index is 13.3. The Morgan fingerprint density at radius 2 is 1.89 bits per heavy atom. The number of hydrogen-bond donors (Lipinski definition) is 1. The van der Waals surface area contributed by atoms with E-state index in [-0.39, 0.29) is 11.3 Å². The number of carbonyl (C=O) groups excluding carboxylic acids is 2. The zero-order chi connectivity index (χ0) is 24.5. The van der Waals surface area contributed by atoms with Crippen molar-refractivity contribution in [1.82, 2.24) is 4.98 Å². The van der Waals surface area contributed by atoms with Crippen LogP contribution in [0.1, 0.15) is 30.5 Å². The Hall–Kier alpha value is -3.68. The van der Waals surface area contributed by atoms with Crippen molar-refractivity contribution in [3.63, 3.8) is 0 Å². The summed E-state index contributed by atoms with van der Waals surface area (Å²) in [5, 5.41) is 12.2. The number of aliphatic hydroxyl groups is 1. The standard InChI is InChI=1S/C27H21ClN2O4S/c1-2-13-34-19-10-6-9-17(14-19)24(31)22-23(16-7-4-3-5-8-16)30(26(33)25(22)32)27-29-20-12-11-18(28)15-21(20)35-27/h3-12,14-15,23,31H,2,13H2,1H3/b24-22+. The van der Waals surface area contributed by atoms with E-state index in [2.05, 4.69) is 4.98 Å². The molecule has 0 radical (unpaired) electrons. The number of aliphatic hydroxyl groups excluding tert-OH is 1. The first-order valence-electron chi connectivity index (χ1n) is 11.1. The van der Waals surface area contributed by atoms with Crippen LogP contribution in [-0.4, -0.2) is 28.4 Å². The van der Waals surface area contributed by atoms with Crippen molar-refractivity contribution >= 4 is 55.7 Å². The van der Waals surface area contributed by atoms with Gasteiger partial charge in [0.1, 0.15) is 11.5 Å². The van der Waals surface area contributed by atoms with Crippen molar-refractivity contribution in [3.05, 3.63) is 94.5 Å². The highest BCUT2D eigenvalue weighted by atomic mass is 35.5. The van der Waals surface area contributed by atoms with E-state index in [1.807, 2.05) is 37.3 Å². The van der Waals surface area contributed by atoms with Crippen LogP contribution in [0.15, 0.2) is 78.4 Å². The summed E-state index contributed by atoms with van der Waals surface area (Å²) in [4.78, 5) is 32.6. The summed E-state index contributed by atoms with van der Waals surface area (Å²) >= 11 is 7.40. The molecule has 1 unspecified atom stereocenters. The third kappa shape index (κ3) is 4.29. The molecular formula is C27H21ClN2O4S. The largest absolute Gasteiger partial charge is 0.507 e. The van der Waals surface area contributed by atoms with Crippen molar-refractivity contribution in [2.45, 2.75) is 19.4 Å². The first-order chi connectivity index (χ1) is 17.0. The molecule has 1 amide bonds. The molecule has 0 bridgehead atoms. The Kier molecular flexibility index (Phi) is 6.28. The molecule has 1 saturated heterocycles. The number of ketones is 1. The number of rotatable bonds is 6. The minimum atomic E-state index is -0.840. The maximum absolute atomic E-state index is 13.3. The summed E-state index contributed by atoms with van der Waals surface area (Å²) in [5.41, 5.74) is 1.76. The van der Waals surface area contributed by atoms with E-state index in [1.54, 1.807) is 42.5 Å². The molecule has 1 atom stereocenters. The quantitative estimate of drug-likeness (QED) is 0.187. The molecule has 6 nitrogen and oxygen atoms in total. The third-order valence-corrected chi connectivity index (χ3v) is 6.94. The lowest BCUT2D eigenvalue weighted by Crippen LogP contribution is -2.29. The average molecular weight is 505 g/mol. The Balaban J connectivity index is 1.67. The first-order valence-corrected chi connectivity index (χ1v) is 12.3. The molecule has 35 heavy (non-hydrogen) atoms.